The van der Waals surface area contributed by atoms with E-state index in [4.69, 9.17) is 19.5 Å². The maximum absolute atomic E-state index is 9.56. The third-order valence-corrected chi connectivity index (χ3v) is 2.24. The van der Waals surface area contributed by atoms with Crippen molar-refractivity contribution in [3.8, 4) is 17.6 Å². The molecule has 0 amide bonds. The molecule has 0 radical (unpaired) electrons. The lowest BCUT2D eigenvalue weighted by Gasteiger charge is -2.14. The molecule has 0 aromatic heterocycles. The average Bonchev–Trinajstić information content (AvgIpc) is 2.42. The van der Waals surface area contributed by atoms with Crippen molar-refractivity contribution in [2.45, 2.75) is 13.0 Å². The third-order valence-electron chi connectivity index (χ3n) is 2.24. The first-order valence-electron chi connectivity index (χ1n) is 5.68. The summed E-state index contributed by atoms with van der Waals surface area (Å²) in [6, 6.07) is 6.88. The SMILES string of the molecule is CCOCC(O)COc1ccc(C#N)cc1OC. The summed E-state index contributed by atoms with van der Waals surface area (Å²) < 4.78 is 15.6. The van der Waals surface area contributed by atoms with Gasteiger partial charge in [0.2, 0.25) is 0 Å². The van der Waals surface area contributed by atoms with Gasteiger partial charge in [0.1, 0.15) is 12.7 Å². The quantitative estimate of drug-likeness (QED) is 0.791. The summed E-state index contributed by atoms with van der Waals surface area (Å²) in [6.45, 7) is 2.76. The molecule has 0 fully saturated rings. The minimum absolute atomic E-state index is 0.113. The zero-order chi connectivity index (χ0) is 13.4. The van der Waals surface area contributed by atoms with Crippen LogP contribution < -0.4 is 9.47 Å². The van der Waals surface area contributed by atoms with Crippen LogP contribution in [0.1, 0.15) is 12.5 Å². The van der Waals surface area contributed by atoms with Gasteiger partial charge in [-0.3, -0.25) is 0 Å². The smallest absolute Gasteiger partial charge is 0.162 e. The molecule has 1 atom stereocenters. The van der Waals surface area contributed by atoms with E-state index in [1.807, 2.05) is 13.0 Å². The summed E-state index contributed by atoms with van der Waals surface area (Å²) in [5.74, 6) is 0.963. The van der Waals surface area contributed by atoms with Crippen molar-refractivity contribution in [1.29, 1.82) is 5.26 Å². The van der Waals surface area contributed by atoms with Crippen LogP contribution in [0.2, 0.25) is 0 Å². The minimum atomic E-state index is -0.690. The minimum Gasteiger partial charge on any atom is -0.493 e. The Labute approximate surface area is 107 Å². The summed E-state index contributed by atoms with van der Waals surface area (Å²) >= 11 is 0. The van der Waals surface area contributed by atoms with E-state index in [1.165, 1.54) is 7.11 Å². The Morgan fingerprint density at radius 2 is 2.11 bits per heavy atom. The van der Waals surface area contributed by atoms with Crippen molar-refractivity contribution >= 4 is 0 Å². The van der Waals surface area contributed by atoms with E-state index in [-0.39, 0.29) is 13.2 Å². The fourth-order valence-corrected chi connectivity index (χ4v) is 1.34. The van der Waals surface area contributed by atoms with Crippen LogP contribution in [0, 0.1) is 11.3 Å². The van der Waals surface area contributed by atoms with Crippen LogP contribution in [0.3, 0.4) is 0 Å². The van der Waals surface area contributed by atoms with Gasteiger partial charge in [0.15, 0.2) is 11.5 Å². The zero-order valence-electron chi connectivity index (χ0n) is 10.5. The number of nitrogens with zero attached hydrogens (tertiary/aromatic N) is 1. The monoisotopic (exact) mass is 251 g/mol. The van der Waals surface area contributed by atoms with Crippen LogP contribution in [-0.2, 0) is 4.74 Å². The third kappa shape index (κ3) is 4.24. The van der Waals surface area contributed by atoms with E-state index in [9.17, 15) is 5.11 Å². The van der Waals surface area contributed by atoms with Gasteiger partial charge in [0.05, 0.1) is 25.3 Å². The predicted molar refractivity (Wildman–Crippen MR) is 65.7 cm³/mol. The number of hydrogen-bond acceptors (Lipinski definition) is 5. The number of aliphatic hydroxyl groups excluding tert-OH is 1. The van der Waals surface area contributed by atoms with E-state index >= 15 is 0 Å². The lowest BCUT2D eigenvalue weighted by Crippen LogP contribution is -2.23. The highest BCUT2D eigenvalue weighted by atomic mass is 16.5. The van der Waals surface area contributed by atoms with E-state index in [0.29, 0.717) is 23.7 Å². The molecule has 0 bridgehead atoms. The summed E-state index contributed by atoms with van der Waals surface area (Å²) in [5.41, 5.74) is 0.495. The van der Waals surface area contributed by atoms with Crippen LogP contribution in [0.15, 0.2) is 18.2 Å². The number of methoxy groups -OCH3 is 1. The number of ether oxygens (including phenoxy) is 3. The Morgan fingerprint density at radius 3 is 2.72 bits per heavy atom. The molecule has 5 nitrogen and oxygen atoms in total. The van der Waals surface area contributed by atoms with Gasteiger partial charge in [0.25, 0.3) is 0 Å². The van der Waals surface area contributed by atoms with Gasteiger partial charge < -0.3 is 19.3 Å². The topological polar surface area (TPSA) is 71.7 Å². The molecule has 1 unspecified atom stereocenters. The Hall–Kier alpha value is -1.77. The van der Waals surface area contributed by atoms with E-state index in [1.54, 1.807) is 18.2 Å². The predicted octanol–water partition coefficient (Wildman–Crippen LogP) is 1.34. The molecule has 1 aromatic rings. The lowest BCUT2D eigenvalue weighted by molar-refractivity contribution is 0.0159. The number of nitriles is 1. The summed E-state index contributed by atoms with van der Waals surface area (Å²) in [7, 11) is 1.50. The first-order valence-corrected chi connectivity index (χ1v) is 5.68. The molecule has 1 rings (SSSR count). The highest BCUT2D eigenvalue weighted by Gasteiger charge is 2.09. The van der Waals surface area contributed by atoms with Gasteiger partial charge in [-0.25, -0.2) is 0 Å². The number of rotatable bonds is 7. The fraction of sp³-hybridized carbons (Fsp3) is 0.462. The molecular formula is C13H17NO4. The molecule has 0 aliphatic heterocycles. The fourth-order valence-electron chi connectivity index (χ4n) is 1.34. The van der Waals surface area contributed by atoms with E-state index in [2.05, 4.69) is 0 Å². The second-order valence-electron chi connectivity index (χ2n) is 3.60. The molecule has 5 heteroatoms. The zero-order valence-corrected chi connectivity index (χ0v) is 10.5. The van der Waals surface area contributed by atoms with Gasteiger partial charge in [-0.1, -0.05) is 0 Å². The Bertz CT molecular complexity index is 414. The molecule has 0 heterocycles. The van der Waals surface area contributed by atoms with Crippen molar-refractivity contribution < 1.29 is 19.3 Å². The van der Waals surface area contributed by atoms with Crippen molar-refractivity contribution in [1.82, 2.24) is 0 Å². The van der Waals surface area contributed by atoms with Crippen molar-refractivity contribution in [2.75, 3.05) is 26.9 Å². The van der Waals surface area contributed by atoms with Crippen LogP contribution in [-0.4, -0.2) is 38.1 Å². The summed E-state index contributed by atoms with van der Waals surface area (Å²) in [4.78, 5) is 0. The van der Waals surface area contributed by atoms with Crippen molar-refractivity contribution in [2.24, 2.45) is 0 Å². The van der Waals surface area contributed by atoms with Crippen molar-refractivity contribution in [3.63, 3.8) is 0 Å². The standard InChI is InChI=1S/C13H17NO4/c1-3-17-8-11(15)9-18-12-5-4-10(7-14)6-13(12)16-2/h4-6,11,15H,3,8-9H2,1-2H3. The van der Waals surface area contributed by atoms with E-state index < -0.39 is 6.10 Å². The van der Waals surface area contributed by atoms with Gasteiger partial charge in [0, 0.05) is 12.7 Å². The highest BCUT2D eigenvalue weighted by molar-refractivity contribution is 5.46. The van der Waals surface area contributed by atoms with Gasteiger partial charge in [-0.2, -0.15) is 5.26 Å². The molecule has 0 spiro atoms. The van der Waals surface area contributed by atoms with Crippen LogP contribution in [0.5, 0.6) is 11.5 Å². The van der Waals surface area contributed by atoms with Gasteiger partial charge >= 0.3 is 0 Å². The molecule has 1 N–H and O–H groups in total. The van der Waals surface area contributed by atoms with Gasteiger partial charge in [-0.15, -0.1) is 0 Å². The number of aliphatic hydroxyl groups is 1. The summed E-state index contributed by atoms with van der Waals surface area (Å²) in [5, 5.41) is 18.3. The van der Waals surface area contributed by atoms with Gasteiger partial charge in [-0.05, 0) is 19.1 Å². The maximum atomic E-state index is 9.56. The molecule has 98 valence electrons. The Morgan fingerprint density at radius 1 is 1.33 bits per heavy atom. The first-order chi connectivity index (χ1) is 8.71. The average molecular weight is 251 g/mol. The Kier molecular flexibility index (Phi) is 5.98. The molecule has 0 aliphatic carbocycles. The normalized spacial score (nSPS) is 11.7. The highest BCUT2D eigenvalue weighted by Crippen LogP contribution is 2.27. The Balaban J connectivity index is 2.59. The molecule has 0 saturated heterocycles. The molecule has 1 aromatic carbocycles. The molecule has 0 saturated carbocycles. The molecule has 18 heavy (non-hydrogen) atoms. The number of benzene rings is 1. The van der Waals surface area contributed by atoms with Crippen molar-refractivity contribution in [3.05, 3.63) is 23.8 Å². The molecular weight excluding hydrogens is 234 g/mol. The van der Waals surface area contributed by atoms with Crippen LogP contribution >= 0.6 is 0 Å². The van der Waals surface area contributed by atoms with E-state index in [0.717, 1.165) is 0 Å². The maximum Gasteiger partial charge on any atom is 0.162 e. The first kappa shape index (κ1) is 14.3. The van der Waals surface area contributed by atoms with Crippen LogP contribution in [0.25, 0.3) is 0 Å². The molecule has 0 aliphatic rings. The second kappa shape index (κ2) is 7.54. The number of hydrogen-bond donors (Lipinski definition) is 1. The largest absolute Gasteiger partial charge is 0.493 e. The lowest BCUT2D eigenvalue weighted by atomic mass is 10.2. The second-order valence-corrected chi connectivity index (χ2v) is 3.60. The summed E-state index contributed by atoms with van der Waals surface area (Å²) in [6.07, 6.45) is -0.690. The van der Waals surface area contributed by atoms with Crippen LogP contribution in [0.4, 0.5) is 0 Å².